The topological polar surface area (TPSA) is 70.2 Å². The molecule has 0 aliphatic carbocycles. The molecule has 7 heteroatoms. The number of anilines is 2. The number of rotatable bonds is 6. The lowest BCUT2D eigenvalue weighted by atomic mass is 10.2. The molecule has 128 valence electrons. The Morgan fingerprint density at radius 2 is 1.96 bits per heavy atom. The van der Waals surface area contributed by atoms with Crippen LogP contribution in [0.2, 0.25) is 5.02 Å². The number of hydrogen-bond donors (Lipinski definition) is 2. The summed E-state index contributed by atoms with van der Waals surface area (Å²) in [6.45, 7) is 5.29. The van der Waals surface area contributed by atoms with Crippen LogP contribution in [-0.4, -0.2) is 48.0 Å². The molecule has 0 saturated carbocycles. The van der Waals surface area contributed by atoms with Gasteiger partial charge in [-0.2, -0.15) is 0 Å². The van der Waals surface area contributed by atoms with E-state index in [2.05, 4.69) is 25.5 Å². The number of carbonyl (C=O) groups excluding carboxylic acids is 1. The van der Waals surface area contributed by atoms with Gasteiger partial charge in [-0.1, -0.05) is 17.7 Å². The zero-order valence-corrected chi connectivity index (χ0v) is 15.1. The molecule has 0 fully saturated rings. The Hall–Kier alpha value is -2.18. The number of amides is 1. The highest BCUT2D eigenvalue weighted by molar-refractivity contribution is 6.31. The molecule has 2 aromatic rings. The van der Waals surface area contributed by atoms with E-state index in [1.807, 2.05) is 40.1 Å². The van der Waals surface area contributed by atoms with Gasteiger partial charge >= 0.3 is 0 Å². The number of likely N-dealkylation sites (N-methyl/N-ethyl adjacent to an activating group) is 1. The van der Waals surface area contributed by atoms with E-state index in [0.29, 0.717) is 28.9 Å². The Morgan fingerprint density at radius 3 is 2.62 bits per heavy atom. The number of carbonyl (C=O) groups is 1. The van der Waals surface area contributed by atoms with Crippen LogP contribution in [0.1, 0.15) is 21.7 Å². The first-order valence-corrected chi connectivity index (χ1v) is 8.05. The van der Waals surface area contributed by atoms with E-state index in [0.717, 1.165) is 17.8 Å². The highest BCUT2D eigenvalue weighted by atomic mass is 35.5. The molecule has 1 aromatic heterocycles. The number of halogens is 1. The van der Waals surface area contributed by atoms with Crippen molar-refractivity contribution in [1.29, 1.82) is 0 Å². The summed E-state index contributed by atoms with van der Waals surface area (Å²) in [5.41, 5.74) is 2.63. The normalized spacial score (nSPS) is 10.8. The van der Waals surface area contributed by atoms with Gasteiger partial charge in [0.05, 0.1) is 0 Å². The van der Waals surface area contributed by atoms with Gasteiger partial charge in [-0.15, -0.1) is 0 Å². The molecule has 0 spiro atoms. The third-order valence-corrected chi connectivity index (χ3v) is 3.77. The van der Waals surface area contributed by atoms with Crippen LogP contribution in [0.25, 0.3) is 0 Å². The van der Waals surface area contributed by atoms with Crippen LogP contribution in [-0.2, 0) is 0 Å². The summed E-state index contributed by atoms with van der Waals surface area (Å²) < 4.78 is 0. The summed E-state index contributed by atoms with van der Waals surface area (Å²) in [5, 5.41) is 6.54. The zero-order chi connectivity index (χ0) is 17.7. The van der Waals surface area contributed by atoms with Crippen LogP contribution in [0.15, 0.2) is 24.3 Å². The molecule has 1 amide bonds. The van der Waals surface area contributed by atoms with Crippen LogP contribution in [0, 0.1) is 13.8 Å². The number of aryl methyl sites for hydroxylation is 2. The van der Waals surface area contributed by atoms with Crippen molar-refractivity contribution in [2.45, 2.75) is 13.8 Å². The Morgan fingerprint density at radius 1 is 1.21 bits per heavy atom. The van der Waals surface area contributed by atoms with Gasteiger partial charge in [0.2, 0.25) is 5.95 Å². The molecule has 0 atom stereocenters. The van der Waals surface area contributed by atoms with Gasteiger partial charge < -0.3 is 15.5 Å². The third-order valence-electron chi connectivity index (χ3n) is 3.36. The minimum atomic E-state index is -0.295. The van der Waals surface area contributed by atoms with Gasteiger partial charge in [0, 0.05) is 29.5 Å². The largest absolute Gasteiger partial charge is 0.353 e. The number of nitrogens with one attached hydrogen (secondary N) is 2. The van der Waals surface area contributed by atoms with Gasteiger partial charge in [0.15, 0.2) is 0 Å². The van der Waals surface area contributed by atoms with E-state index in [-0.39, 0.29) is 5.91 Å². The Labute approximate surface area is 147 Å². The fourth-order valence-corrected chi connectivity index (χ4v) is 2.20. The lowest BCUT2D eigenvalue weighted by Crippen LogP contribution is -2.22. The maximum absolute atomic E-state index is 12.4. The number of benzene rings is 1. The van der Waals surface area contributed by atoms with Crippen molar-refractivity contribution in [2.75, 3.05) is 37.8 Å². The smallest absolute Gasteiger partial charge is 0.274 e. The van der Waals surface area contributed by atoms with Crippen LogP contribution in [0.4, 0.5) is 11.6 Å². The molecule has 1 aromatic carbocycles. The fourth-order valence-electron chi connectivity index (χ4n) is 2.02. The van der Waals surface area contributed by atoms with Crippen molar-refractivity contribution in [3.05, 3.63) is 46.2 Å². The molecule has 24 heavy (non-hydrogen) atoms. The average molecular weight is 348 g/mol. The van der Waals surface area contributed by atoms with Gasteiger partial charge in [0.25, 0.3) is 5.91 Å². The van der Waals surface area contributed by atoms with E-state index >= 15 is 0 Å². The van der Waals surface area contributed by atoms with Crippen LogP contribution in [0.3, 0.4) is 0 Å². The predicted octanol–water partition coefficient (Wildman–Crippen LogP) is 2.97. The second kappa shape index (κ2) is 8.08. The summed E-state index contributed by atoms with van der Waals surface area (Å²) in [4.78, 5) is 23.1. The highest BCUT2D eigenvalue weighted by Crippen LogP contribution is 2.20. The van der Waals surface area contributed by atoms with Crippen molar-refractivity contribution in [3.8, 4) is 0 Å². The number of aromatic nitrogens is 2. The monoisotopic (exact) mass is 347 g/mol. The van der Waals surface area contributed by atoms with Crippen molar-refractivity contribution in [1.82, 2.24) is 14.9 Å². The summed E-state index contributed by atoms with van der Waals surface area (Å²) in [6, 6.07) is 7.04. The summed E-state index contributed by atoms with van der Waals surface area (Å²) in [6.07, 6.45) is 0. The predicted molar refractivity (Wildman–Crippen MR) is 98.0 cm³/mol. The van der Waals surface area contributed by atoms with Crippen molar-refractivity contribution in [2.24, 2.45) is 0 Å². The minimum absolute atomic E-state index is 0.295. The molecule has 1 heterocycles. The standard InChI is InChI=1S/C17H22ClN5O/c1-11-5-6-13(10-14(11)18)21-16(24)15-9-12(2)20-17(22-15)19-7-8-23(3)4/h5-6,9-10H,7-8H2,1-4H3,(H,21,24)(H,19,20,22). The molecule has 0 saturated heterocycles. The molecule has 2 rings (SSSR count). The van der Waals surface area contributed by atoms with E-state index in [4.69, 9.17) is 11.6 Å². The molecule has 0 unspecified atom stereocenters. The van der Waals surface area contributed by atoms with Gasteiger partial charge in [-0.25, -0.2) is 9.97 Å². The Bertz CT molecular complexity index is 733. The summed E-state index contributed by atoms with van der Waals surface area (Å²) >= 11 is 6.09. The van der Waals surface area contributed by atoms with Crippen LogP contribution in [0.5, 0.6) is 0 Å². The third kappa shape index (κ3) is 5.18. The Balaban J connectivity index is 2.10. The minimum Gasteiger partial charge on any atom is -0.353 e. The lowest BCUT2D eigenvalue weighted by molar-refractivity contribution is 0.102. The molecule has 0 aliphatic heterocycles. The quantitative estimate of drug-likeness (QED) is 0.840. The second-order valence-electron chi connectivity index (χ2n) is 5.87. The van der Waals surface area contributed by atoms with Crippen LogP contribution < -0.4 is 10.6 Å². The van der Waals surface area contributed by atoms with Gasteiger partial charge in [-0.3, -0.25) is 4.79 Å². The van der Waals surface area contributed by atoms with E-state index < -0.39 is 0 Å². The molecular weight excluding hydrogens is 326 g/mol. The average Bonchev–Trinajstić information content (AvgIpc) is 2.50. The number of hydrogen-bond acceptors (Lipinski definition) is 5. The SMILES string of the molecule is Cc1cc(C(=O)Nc2ccc(C)c(Cl)c2)nc(NCCN(C)C)n1. The molecule has 2 N–H and O–H groups in total. The lowest BCUT2D eigenvalue weighted by Gasteiger charge is -2.12. The van der Waals surface area contributed by atoms with Crippen LogP contribution >= 0.6 is 11.6 Å². The molecule has 0 aliphatic rings. The van der Waals surface area contributed by atoms with Crippen molar-refractivity contribution < 1.29 is 4.79 Å². The molecule has 0 radical (unpaired) electrons. The molecule has 0 bridgehead atoms. The first-order valence-electron chi connectivity index (χ1n) is 7.67. The maximum Gasteiger partial charge on any atom is 0.274 e. The summed E-state index contributed by atoms with van der Waals surface area (Å²) in [5.74, 6) is 0.153. The first kappa shape index (κ1) is 18.2. The second-order valence-corrected chi connectivity index (χ2v) is 6.27. The highest BCUT2D eigenvalue weighted by Gasteiger charge is 2.11. The fraction of sp³-hybridized carbons (Fsp3) is 0.353. The van der Waals surface area contributed by atoms with Gasteiger partial charge in [-0.05, 0) is 51.7 Å². The van der Waals surface area contributed by atoms with Crippen molar-refractivity contribution in [3.63, 3.8) is 0 Å². The maximum atomic E-state index is 12.4. The summed E-state index contributed by atoms with van der Waals surface area (Å²) in [7, 11) is 3.98. The zero-order valence-electron chi connectivity index (χ0n) is 14.4. The molecule has 6 nitrogen and oxygen atoms in total. The number of nitrogens with zero attached hydrogens (tertiary/aromatic N) is 3. The van der Waals surface area contributed by atoms with E-state index in [9.17, 15) is 4.79 Å². The molecular formula is C17H22ClN5O. The van der Waals surface area contributed by atoms with E-state index in [1.54, 1.807) is 12.1 Å². The Kier molecular flexibility index (Phi) is 6.11. The van der Waals surface area contributed by atoms with Gasteiger partial charge in [0.1, 0.15) is 5.69 Å². The van der Waals surface area contributed by atoms with E-state index in [1.165, 1.54) is 0 Å². The first-order chi connectivity index (χ1) is 11.3. The van der Waals surface area contributed by atoms with Crippen molar-refractivity contribution >= 4 is 29.1 Å².